The predicted octanol–water partition coefficient (Wildman–Crippen LogP) is 3.16. The Morgan fingerprint density at radius 2 is 1.70 bits per heavy atom. The summed E-state index contributed by atoms with van der Waals surface area (Å²) < 4.78 is 0. The van der Waals surface area contributed by atoms with Gasteiger partial charge in [0, 0.05) is 25.9 Å². The number of amides is 1. The van der Waals surface area contributed by atoms with Crippen LogP contribution in [0.2, 0.25) is 0 Å². The third-order valence-electron chi connectivity index (χ3n) is 4.56. The minimum Gasteiger partial charge on any atom is -0.481 e. The fourth-order valence-corrected chi connectivity index (χ4v) is 3.10. The number of carbonyl (C=O) groups is 2. The minimum atomic E-state index is -0.795. The molecule has 20 heavy (non-hydrogen) atoms. The van der Waals surface area contributed by atoms with Crippen molar-refractivity contribution < 1.29 is 14.7 Å². The predicted molar refractivity (Wildman–Crippen MR) is 79.4 cm³/mol. The second-order valence-electron chi connectivity index (χ2n) is 7.17. The van der Waals surface area contributed by atoms with E-state index in [4.69, 9.17) is 5.11 Å². The second kappa shape index (κ2) is 7.09. The topological polar surface area (TPSA) is 57.6 Å². The Balaban J connectivity index is 2.36. The van der Waals surface area contributed by atoms with E-state index in [9.17, 15) is 9.59 Å². The van der Waals surface area contributed by atoms with Crippen LogP contribution >= 0.6 is 0 Å². The van der Waals surface area contributed by atoms with Gasteiger partial charge in [0.2, 0.25) is 5.91 Å². The van der Waals surface area contributed by atoms with E-state index >= 15 is 0 Å². The molecule has 1 rings (SSSR count). The average Bonchev–Trinajstić information content (AvgIpc) is 2.36. The lowest BCUT2D eigenvalue weighted by atomic mass is 9.69. The fraction of sp³-hybridized carbons (Fsp3) is 0.875. The lowest BCUT2D eigenvalue weighted by Gasteiger charge is -2.37. The van der Waals surface area contributed by atoms with Crippen LogP contribution in [0.1, 0.15) is 59.3 Å². The molecule has 0 spiro atoms. The molecule has 1 amide bonds. The van der Waals surface area contributed by atoms with Crippen molar-refractivity contribution in [2.45, 2.75) is 59.3 Å². The molecule has 0 aromatic rings. The first-order chi connectivity index (χ1) is 9.21. The highest BCUT2D eigenvalue weighted by Gasteiger charge is 2.33. The van der Waals surface area contributed by atoms with Gasteiger partial charge in [-0.05, 0) is 43.4 Å². The molecular weight excluding hydrogens is 254 g/mol. The Morgan fingerprint density at radius 3 is 2.15 bits per heavy atom. The van der Waals surface area contributed by atoms with E-state index in [0.717, 1.165) is 25.7 Å². The van der Waals surface area contributed by atoms with Gasteiger partial charge in [-0.1, -0.05) is 20.8 Å². The summed E-state index contributed by atoms with van der Waals surface area (Å²) in [4.78, 5) is 24.5. The molecule has 1 N–H and O–H groups in total. The molecule has 0 unspecified atom stereocenters. The normalized spacial score (nSPS) is 23.4. The van der Waals surface area contributed by atoms with Gasteiger partial charge in [-0.25, -0.2) is 0 Å². The number of rotatable bonds is 5. The van der Waals surface area contributed by atoms with E-state index in [-0.39, 0.29) is 18.2 Å². The maximum atomic E-state index is 12.3. The zero-order chi connectivity index (χ0) is 15.3. The van der Waals surface area contributed by atoms with Crippen molar-refractivity contribution in [1.82, 2.24) is 4.90 Å². The van der Waals surface area contributed by atoms with Crippen molar-refractivity contribution in [3.05, 3.63) is 0 Å². The van der Waals surface area contributed by atoms with Crippen LogP contribution in [0.15, 0.2) is 0 Å². The number of carboxylic acid groups (broad SMARTS) is 1. The molecule has 0 radical (unpaired) electrons. The quantitative estimate of drug-likeness (QED) is 0.843. The first kappa shape index (κ1) is 17.0. The Bertz CT molecular complexity index is 338. The molecule has 0 aromatic heterocycles. The number of hydrogen-bond acceptors (Lipinski definition) is 2. The summed E-state index contributed by atoms with van der Waals surface area (Å²) in [5.41, 5.74) is 0.335. The van der Waals surface area contributed by atoms with Gasteiger partial charge in [-0.2, -0.15) is 0 Å². The van der Waals surface area contributed by atoms with E-state index < -0.39 is 5.97 Å². The molecule has 0 heterocycles. The third kappa shape index (κ3) is 5.14. The summed E-state index contributed by atoms with van der Waals surface area (Å²) in [5, 5.41) is 8.62. The van der Waals surface area contributed by atoms with Gasteiger partial charge in [0.1, 0.15) is 0 Å². The van der Waals surface area contributed by atoms with Crippen LogP contribution in [-0.4, -0.2) is 35.5 Å². The first-order valence-corrected chi connectivity index (χ1v) is 7.68. The number of aliphatic carboxylic acids is 1. The Kier molecular flexibility index (Phi) is 6.03. The van der Waals surface area contributed by atoms with Gasteiger partial charge >= 0.3 is 5.97 Å². The smallest absolute Gasteiger partial charge is 0.303 e. The maximum absolute atomic E-state index is 12.3. The molecule has 4 heteroatoms. The molecule has 1 aliphatic rings. The van der Waals surface area contributed by atoms with Crippen molar-refractivity contribution in [2.75, 3.05) is 13.6 Å². The largest absolute Gasteiger partial charge is 0.481 e. The molecule has 116 valence electrons. The van der Waals surface area contributed by atoms with Crippen LogP contribution in [0.5, 0.6) is 0 Å². The molecule has 0 aliphatic heterocycles. The van der Waals surface area contributed by atoms with Gasteiger partial charge in [0.25, 0.3) is 0 Å². The zero-order valence-electron chi connectivity index (χ0n) is 13.3. The van der Waals surface area contributed by atoms with E-state index in [1.54, 1.807) is 11.9 Å². The van der Waals surface area contributed by atoms with Gasteiger partial charge < -0.3 is 10.0 Å². The summed E-state index contributed by atoms with van der Waals surface area (Å²) in [6, 6.07) is 0. The standard InChI is InChI=1S/C16H29NO3/c1-16(2,3)13-9-7-12(8-10-13)15(20)17(4)11-5-6-14(18)19/h12-13H,5-11H2,1-4H3,(H,18,19). The van der Waals surface area contributed by atoms with Gasteiger partial charge in [-0.15, -0.1) is 0 Å². The van der Waals surface area contributed by atoms with Crippen LogP contribution in [0, 0.1) is 17.3 Å². The third-order valence-corrected chi connectivity index (χ3v) is 4.56. The Labute approximate surface area is 122 Å². The van der Waals surface area contributed by atoms with Gasteiger partial charge in [-0.3, -0.25) is 9.59 Å². The van der Waals surface area contributed by atoms with Crippen molar-refractivity contribution in [3.63, 3.8) is 0 Å². The van der Waals surface area contributed by atoms with Crippen LogP contribution in [0.3, 0.4) is 0 Å². The molecule has 4 nitrogen and oxygen atoms in total. The number of carboxylic acids is 1. The first-order valence-electron chi connectivity index (χ1n) is 7.68. The lowest BCUT2D eigenvalue weighted by molar-refractivity contribution is -0.139. The minimum absolute atomic E-state index is 0.133. The molecule has 1 aliphatic carbocycles. The van der Waals surface area contributed by atoms with Gasteiger partial charge in [0.05, 0.1) is 0 Å². The van der Waals surface area contributed by atoms with E-state index in [1.807, 2.05) is 0 Å². The maximum Gasteiger partial charge on any atom is 0.303 e. The monoisotopic (exact) mass is 283 g/mol. The van der Waals surface area contributed by atoms with Crippen LogP contribution < -0.4 is 0 Å². The molecule has 1 fully saturated rings. The highest BCUT2D eigenvalue weighted by molar-refractivity contribution is 5.78. The Morgan fingerprint density at radius 1 is 1.15 bits per heavy atom. The molecule has 0 aromatic carbocycles. The lowest BCUT2D eigenvalue weighted by Crippen LogP contribution is -2.37. The fourth-order valence-electron chi connectivity index (χ4n) is 3.10. The summed E-state index contributed by atoms with van der Waals surface area (Å²) in [6.07, 6.45) is 4.88. The number of carbonyl (C=O) groups excluding carboxylic acids is 1. The average molecular weight is 283 g/mol. The SMILES string of the molecule is CN(CCCC(=O)O)C(=O)C1CCC(C(C)(C)C)CC1. The highest BCUT2D eigenvalue weighted by Crippen LogP contribution is 2.40. The molecular formula is C16H29NO3. The molecule has 0 saturated heterocycles. The van der Waals surface area contributed by atoms with Crippen LogP contribution in [0.4, 0.5) is 0 Å². The van der Waals surface area contributed by atoms with Crippen molar-refractivity contribution >= 4 is 11.9 Å². The summed E-state index contributed by atoms with van der Waals surface area (Å²) in [5.74, 6) is 0.256. The van der Waals surface area contributed by atoms with Crippen molar-refractivity contribution in [2.24, 2.45) is 17.3 Å². The summed E-state index contributed by atoms with van der Waals surface area (Å²) in [6.45, 7) is 7.37. The molecule has 1 saturated carbocycles. The van der Waals surface area contributed by atoms with Crippen LogP contribution in [-0.2, 0) is 9.59 Å². The highest BCUT2D eigenvalue weighted by atomic mass is 16.4. The van der Waals surface area contributed by atoms with E-state index in [1.165, 1.54) is 0 Å². The van der Waals surface area contributed by atoms with E-state index in [2.05, 4.69) is 20.8 Å². The molecule has 0 atom stereocenters. The molecule has 0 bridgehead atoms. The number of hydrogen-bond donors (Lipinski definition) is 1. The Hall–Kier alpha value is -1.06. The zero-order valence-corrected chi connectivity index (χ0v) is 13.3. The van der Waals surface area contributed by atoms with Crippen molar-refractivity contribution in [1.29, 1.82) is 0 Å². The summed E-state index contributed by atoms with van der Waals surface area (Å²) >= 11 is 0. The van der Waals surface area contributed by atoms with Crippen LogP contribution in [0.25, 0.3) is 0 Å². The number of nitrogens with zero attached hydrogens (tertiary/aromatic N) is 1. The summed E-state index contributed by atoms with van der Waals surface area (Å²) in [7, 11) is 1.79. The van der Waals surface area contributed by atoms with Gasteiger partial charge in [0.15, 0.2) is 0 Å². The van der Waals surface area contributed by atoms with Crippen molar-refractivity contribution in [3.8, 4) is 0 Å². The van der Waals surface area contributed by atoms with E-state index in [0.29, 0.717) is 24.3 Å². The second-order valence-corrected chi connectivity index (χ2v) is 7.17.